The van der Waals surface area contributed by atoms with Crippen LogP contribution in [0.1, 0.15) is 15.9 Å². The van der Waals surface area contributed by atoms with E-state index in [1.165, 1.54) is 0 Å². The first-order valence-electron chi connectivity index (χ1n) is 7.11. The van der Waals surface area contributed by atoms with Crippen LogP contribution in [-0.2, 0) is 0 Å². The number of carbonyl (C=O) groups is 1. The second-order valence-corrected chi connectivity index (χ2v) is 5.65. The van der Waals surface area contributed by atoms with Gasteiger partial charge in [-0.05, 0) is 42.8 Å². The number of pyridine rings is 1. The summed E-state index contributed by atoms with van der Waals surface area (Å²) in [6.45, 7) is 1.98. The first kappa shape index (κ1) is 15.8. The average Bonchev–Trinajstić information content (AvgIpc) is 2.49. The summed E-state index contributed by atoms with van der Waals surface area (Å²) in [6.07, 6.45) is 1.59. The molecule has 0 radical (unpaired) electrons. The number of anilines is 3. The molecule has 0 fully saturated rings. The van der Waals surface area contributed by atoms with Crippen molar-refractivity contribution in [2.75, 3.05) is 43.3 Å². The average molecular weight is 298 g/mol. The summed E-state index contributed by atoms with van der Waals surface area (Å²) in [5.41, 5.74) is 3.49. The summed E-state index contributed by atoms with van der Waals surface area (Å²) in [7, 11) is 7.81. The SMILES string of the molecule is Cc1cc(N(C)C)ccc1NC(=O)c1ccc(N(C)C)nc1. The van der Waals surface area contributed by atoms with Crippen molar-refractivity contribution in [1.82, 2.24) is 4.98 Å². The molecular weight excluding hydrogens is 276 g/mol. The van der Waals surface area contributed by atoms with Crippen LogP contribution >= 0.6 is 0 Å². The molecule has 1 N–H and O–H groups in total. The van der Waals surface area contributed by atoms with Crippen molar-refractivity contribution in [2.45, 2.75) is 6.92 Å². The molecule has 116 valence electrons. The van der Waals surface area contributed by atoms with Crippen LogP contribution in [0.4, 0.5) is 17.2 Å². The number of nitrogens with zero attached hydrogens (tertiary/aromatic N) is 3. The number of nitrogens with one attached hydrogen (secondary N) is 1. The van der Waals surface area contributed by atoms with Crippen LogP contribution < -0.4 is 15.1 Å². The molecule has 1 amide bonds. The highest BCUT2D eigenvalue weighted by Crippen LogP contribution is 2.22. The maximum Gasteiger partial charge on any atom is 0.257 e. The Hall–Kier alpha value is -2.56. The maximum atomic E-state index is 12.3. The number of aryl methyl sites for hydroxylation is 1. The van der Waals surface area contributed by atoms with Crippen LogP contribution in [0.5, 0.6) is 0 Å². The number of rotatable bonds is 4. The van der Waals surface area contributed by atoms with E-state index in [2.05, 4.69) is 10.3 Å². The molecule has 0 atom stereocenters. The Morgan fingerprint density at radius 2 is 1.77 bits per heavy atom. The minimum atomic E-state index is -0.154. The number of carbonyl (C=O) groups excluding carboxylic acids is 1. The van der Waals surface area contributed by atoms with Gasteiger partial charge in [-0.25, -0.2) is 4.98 Å². The molecule has 22 heavy (non-hydrogen) atoms. The van der Waals surface area contributed by atoms with Gasteiger partial charge >= 0.3 is 0 Å². The van der Waals surface area contributed by atoms with E-state index in [1.807, 2.05) is 69.2 Å². The zero-order chi connectivity index (χ0) is 16.3. The molecule has 0 saturated carbocycles. The van der Waals surface area contributed by atoms with Gasteiger partial charge in [-0.1, -0.05) is 0 Å². The Morgan fingerprint density at radius 1 is 1.05 bits per heavy atom. The van der Waals surface area contributed by atoms with E-state index in [9.17, 15) is 4.79 Å². The summed E-state index contributed by atoms with van der Waals surface area (Å²) in [5, 5.41) is 2.93. The molecule has 5 nitrogen and oxygen atoms in total. The Kier molecular flexibility index (Phi) is 4.65. The third-order valence-electron chi connectivity index (χ3n) is 3.44. The van der Waals surface area contributed by atoms with Crippen LogP contribution in [0, 0.1) is 6.92 Å². The van der Waals surface area contributed by atoms with E-state index in [1.54, 1.807) is 12.3 Å². The molecule has 1 heterocycles. The first-order chi connectivity index (χ1) is 10.4. The molecule has 2 aromatic rings. The quantitative estimate of drug-likeness (QED) is 0.943. The van der Waals surface area contributed by atoms with Gasteiger partial charge in [-0.3, -0.25) is 4.79 Å². The van der Waals surface area contributed by atoms with Crippen LogP contribution in [0.15, 0.2) is 36.5 Å². The second-order valence-electron chi connectivity index (χ2n) is 5.65. The lowest BCUT2D eigenvalue weighted by atomic mass is 10.1. The largest absolute Gasteiger partial charge is 0.378 e. The van der Waals surface area contributed by atoms with Crippen LogP contribution in [0.2, 0.25) is 0 Å². The molecule has 1 aromatic carbocycles. The molecule has 5 heteroatoms. The summed E-state index contributed by atoms with van der Waals surface area (Å²) >= 11 is 0. The highest BCUT2D eigenvalue weighted by molar-refractivity contribution is 6.04. The van der Waals surface area contributed by atoms with E-state index < -0.39 is 0 Å². The molecule has 0 aliphatic rings. The zero-order valence-corrected chi connectivity index (χ0v) is 13.7. The van der Waals surface area contributed by atoms with E-state index in [0.29, 0.717) is 5.56 Å². The van der Waals surface area contributed by atoms with Crippen LogP contribution in [0.25, 0.3) is 0 Å². The molecule has 1 aromatic heterocycles. The monoisotopic (exact) mass is 298 g/mol. The molecule has 0 spiro atoms. The number of aromatic nitrogens is 1. The third-order valence-corrected chi connectivity index (χ3v) is 3.44. The zero-order valence-electron chi connectivity index (χ0n) is 13.7. The van der Waals surface area contributed by atoms with E-state index in [0.717, 1.165) is 22.8 Å². The summed E-state index contributed by atoms with van der Waals surface area (Å²) in [6, 6.07) is 9.56. The highest BCUT2D eigenvalue weighted by atomic mass is 16.1. The lowest BCUT2D eigenvalue weighted by Gasteiger charge is -2.16. The predicted octanol–water partition coefficient (Wildman–Crippen LogP) is 2.77. The summed E-state index contributed by atoms with van der Waals surface area (Å²) in [4.78, 5) is 20.5. The van der Waals surface area contributed by atoms with Gasteiger partial charge in [0, 0.05) is 45.8 Å². The molecular formula is C17H22N4O. The molecule has 2 rings (SSSR count). The minimum absolute atomic E-state index is 0.154. The fourth-order valence-corrected chi connectivity index (χ4v) is 2.05. The minimum Gasteiger partial charge on any atom is -0.378 e. The van der Waals surface area contributed by atoms with Crippen molar-refractivity contribution >= 4 is 23.1 Å². The van der Waals surface area contributed by atoms with Crippen molar-refractivity contribution in [3.63, 3.8) is 0 Å². The van der Waals surface area contributed by atoms with Crippen molar-refractivity contribution < 1.29 is 4.79 Å². The van der Waals surface area contributed by atoms with Gasteiger partial charge in [0.05, 0.1) is 5.56 Å². The third kappa shape index (κ3) is 3.55. The first-order valence-corrected chi connectivity index (χ1v) is 7.11. The lowest BCUT2D eigenvalue weighted by molar-refractivity contribution is 0.102. The van der Waals surface area contributed by atoms with Crippen molar-refractivity contribution in [1.29, 1.82) is 0 Å². The normalized spacial score (nSPS) is 10.2. The van der Waals surface area contributed by atoms with Gasteiger partial charge in [0.2, 0.25) is 0 Å². The summed E-state index contributed by atoms with van der Waals surface area (Å²) < 4.78 is 0. The Labute approximate surface area is 131 Å². The Morgan fingerprint density at radius 3 is 2.27 bits per heavy atom. The van der Waals surface area contributed by atoms with Gasteiger partial charge in [-0.2, -0.15) is 0 Å². The number of hydrogen-bond donors (Lipinski definition) is 1. The van der Waals surface area contributed by atoms with Gasteiger partial charge in [0.25, 0.3) is 5.91 Å². The number of hydrogen-bond acceptors (Lipinski definition) is 4. The topological polar surface area (TPSA) is 48.5 Å². The number of benzene rings is 1. The predicted molar refractivity (Wildman–Crippen MR) is 92.0 cm³/mol. The second kappa shape index (κ2) is 6.47. The number of amides is 1. The molecule has 0 aliphatic carbocycles. The van der Waals surface area contributed by atoms with E-state index >= 15 is 0 Å². The molecule has 0 bridgehead atoms. The van der Waals surface area contributed by atoms with Crippen molar-refractivity contribution in [3.8, 4) is 0 Å². The Balaban J connectivity index is 2.15. The van der Waals surface area contributed by atoms with Gasteiger partial charge in [0.15, 0.2) is 0 Å². The van der Waals surface area contributed by atoms with Gasteiger partial charge < -0.3 is 15.1 Å². The smallest absolute Gasteiger partial charge is 0.257 e. The van der Waals surface area contributed by atoms with Crippen molar-refractivity contribution in [2.24, 2.45) is 0 Å². The van der Waals surface area contributed by atoms with Gasteiger partial charge in [0.1, 0.15) is 5.82 Å². The highest BCUT2D eigenvalue weighted by Gasteiger charge is 2.09. The van der Waals surface area contributed by atoms with Gasteiger partial charge in [-0.15, -0.1) is 0 Å². The van der Waals surface area contributed by atoms with E-state index in [-0.39, 0.29) is 5.91 Å². The summed E-state index contributed by atoms with van der Waals surface area (Å²) in [5.74, 6) is 0.668. The lowest BCUT2D eigenvalue weighted by Crippen LogP contribution is -2.15. The molecule has 0 unspecified atom stereocenters. The van der Waals surface area contributed by atoms with Crippen LogP contribution in [-0.4, -0.2) is 39.1 Å². The van der Waals surface area contributed by atoms with Crippen LogP contribution in [0.3, 0.4) is 0 Å². The standard InChI is InChI=1S/C17H22N4O/c1-12-10-14(20(2)3)7-8-15(12)19-17(22)13-6-9-16(18-11-13)21(4)5/h6-11H,1-5H3,(H,19,22). The van der Waals surface area contributed by atoms with E-state index in [4.69, 9.17) is 0 Å². The Bertz CT molecular complexity index is 663. The van der Waals surface area contributed by atoms with Crippen molar-refractivity contribution in [3.05, 3.63) is 47.7 Å². The maximum absolute atomic E-state index is 12.3. The fourth-order valence-electron chi connectivity index (χ4n) is 2.05. The molecule has 0 saturated heterocycles. The molecule has 0 aliphatic heterocycles. The fraction of sp³-hybridized carbons (Fsp3) is 0.294.